The van der Waals surface area contributed by atoms with E-state index in [2.05, 4.69) is 27.4 Å². The van der Waals surface area contributed by atoms with Crippen LogP contribution in [0.1, 0.15) is 68.6 Å². The van der Waals surface area contributed by atoms with Crippen molar-refractivity contribution in [2.24, 2.45) is 5.92 Å². The first-order valence-corrected chi connectivity index (χ1v) is 17.1. The average Bonchev–Trinajstić information content (AvgIpc) is 3.11. The lowest BCUT2D eigenvalue weighted by Crippen LogP contribution is -2.51. The third-order valence-electron chi connectivity index (χ3n) is 9.26. The van der Waals surface area contributed by atoms with Crippen LogP contribution in [0, 0.1) is 16.0 Å². The number of nitro benzene ring substituents is 1. The molecule has 2 fully saturated rings. The minimum Gasteiger partial charge on any atom is -0.392 e. The SMILES string of the molecule is CC(=O)NCCCCCC(=O)Nc1cccc(C2OC(CN3CCN(c4ccc([N+](=O)[O-])cc4)CC3)C(C)C(c3ccc(CO)cc3)O2)c1. The Kier molecular flexibility index (Phi) is 12.7. The zero-order chi connectivity index (χ0) is 34.8. The largest absolute Gasteiger partial charge is 0.392 e. The number of hydrogen-bond acceptors (Lipinski definition) is 9. The summed E-state index contributed by atoms with van der Waals surface area (Å²) in [5.74, 6) is -0.0873. The van der Waals surface area contributed by atoms with Crippen LogP contribution in [-0.4, -0.2) is 72.1 Å². The Bertz CT molecular complexity index is 1540. The number of aliphatic hydroxyl groups is 1. The second-order valence-electron chi connectivity index (χ2n) is 12.9. The summed E-state index contributed by atoms with van der Waals surface area (Å²) in [6, 6.07) is 22.1. The van der Waals surface area contributed by atoms with Crippen molar-refractivity contribution in [2.45, 2.75) is 64.6 Å². The summed E-state index contributed by atoms with van der Waals surface area (Å²) in [6.45, 7) is 8.16. The van der Waals surface area contributed by atoms with Crippen molar-refractivity contribution in [2.75, 3.05) is 49.5 Å². The first-order valence-electron chi connectivity index (χ1n) is 17.1. The van der Waals surface area contributed by atoms with E-state index in [1.807, 2.05) is 60.7 Å². The van der Waals surface area contributed by atoms with Crippen LogP contribution >= 0.6 is 0 Å². The Hall–Kier alpha value is -4.36. The second-order valence-corrected chi connectivity index (χ2v) is 12.9. The molecule has 12 nitrogen and oxygen atoms in total. The topological polar surface area (TPSA) is 147 Å². The Balaban J connectivity index is 1.24. The Labute approximate surface area is 287 Å². The molecule has 49 heavy (non-hydrogen) atoms. The van der Waals surface area contributed by atoms with Crippen molar-refractivity contribution in [3.63, 3.8) is 0 Å². The number of hydrogen-bond donors (Lipinski definition) is 3. The van der Waals surface area contributed by atoms with Crippen LogP contribution in [0.2, 0.25) is 0 Å². The van der Waals surface area contributed by atoms with Gasteiger partial charge in [-0.3, -0.25) is 24.6 Å². The van der Waals surface area contributed by atoms with E-state index in [0.717, 1.165) is 67.8 Å². The van der Waals surface area contributed by atoms with Gasteiger partial charge >= 0.3 is 0 Å². The van der Waals surface area contributed by atoms with Gasteiger partial charge in [-0.15, -0.1) is 0 Å². The van der Waals surface area contributed by atoms with Crippen LogP contribution in [0.4, 0.5) is 17.1 Å². The monoisotopic (exact) mass is 673 g/mol. The molecule has 2 aliphatic rings. The summed E-state index contributed by atoms with van der Waals surface area (Å²) in [5.41, 5.74) is 4.39. The maximum Gasteiger partial charge on any atom is 0.269 e. The number of aliphatic hydroxyl groups excluding tert-OH is 1. The second kappa shape index (κ2) is 17.3. The van der Waals surface area contributed by atoms with E-state index in [4.69, 9.17) is 9.47 Å². The molecule has 12 heteroatoms. The van der Waals surface area contributed by atoms with Gasteiger partial charge in [0.1, 0.15) is 0 Å². The van der Waals surface area contributed by atoms with Crippen molar-refractivity contribution in [3.8, 4) is 0 Å². The predicted molar refractivity (Wildman–Crippen MR) is 187 cm³/mol. The number of carbonyl (C=O) groups is 2. The van der Waals surface area contributed by atoms with E-state index < -0.39 is 6.29 Å². The highest BCUT2D eigenvalue weighted by atomic mass is 16.7. The molecule has 5 rings (SSSR count). The molecule has 0 bridgehead atoms. The number of amides is 2. The zero-order valence-electron chi connectivity index (χ0n) is 28.3. The smallest absolute Gasteiger partial charge is 0.269 e. The Morgan fingerprint density at radius 1 is 0.939 bits per heavy atom. The number of piperazine rings is 1. The van der Waals surface area contributed by atoms with Crippen molar-refractivity contribution < 1.29 is 29.1 Å². The van der Waals surface area contributed by atoms with Crippen LogP contribution in [0.5, 0.6) is 0 Å². The molecule has 3 aromatic carbocycles. The molecule has 0 radical (unpaired) electrons. The van der Waals surface area contributed by atoms with E-state index in [1.165, 1.54) is 6.92 Å². The number of carbonyl (C=O) groups excluding carboxylic acids is 2. The summed E-state index contributed by atoms with van der Waals surface area (Å²) < 4.78 is 13.3. The number of anilines is 2. The lowest BCUT2D eigenvalue weighted by molar-refractivity contribution is -0.384. The average molecular weight is 674 g/mol. The van der Waals surface area contributed by atoms with Gasteiger partial charge in [-0.05, 0) is 48.2 Å². The molecule has 2 heterocycles. The van der Waals surface area contributed by atoms with Gasteiger partial charge in [0, 0.05) is 87.6 Å². The van der Waals surface area contributed by atoms with Gasteiger partial charge in [-0.25, -0.2) is 0 Å². The summed E-state index contributed by atoms with van der Waals surface area (Å²) in [6.07, 6.45) is 1.75. The normalized spacial score (nSPS) is 21.2. The lowest BCUT2D eigenvalue weighted by Gasteiger charge is -2.44. The number of rotatable bonds is 14. The highest BCUT2D eigenvalue weighted by molar-refractivity contribution is 5.90. The minimum absolute atomic E-state index is 0.0254. The number of non-ortho nitro benzene ring substituents is 1. The zero-order valence-corrected chi connectivity index (χ0v) is 28.3. The van der Waals surface area contributed by atoms with E-state index in [1.54, 1.807) is 12.1 Å². The molecule has 3 N–H and O–H groups in total. The van der Waals surface area contributed by atoms with Crippen LogP contribution in [0.15, 0.2) is 72.8 Å². The van der Waals surface area contributed by atoms with Gasteiger partial charge in [0.2, 0.25) is 11.8 Å². The van der Waals surface area contributed by atoms with Crippen LogP contribution in [0.3, 0.4) is 0 Å². The summed E-state index contributed by atoms with van der Waals surface area (Å²) in [5, 5.41) is 26.4. The van der Waals surface area contributed by atoms with Gasteiger partial charge in [0.15, 0.2) is 6.29 Å². The highest BCUT2D eigenvalue weighted by Crippen LogP contribution is 2.42. The number of nitrogens with zero attached hydrogens (tertiary/aromatic N) is 3. The van der Waals surface area contributed by atoms with Crippen LogP contribution in [0.25, 0.3) is 0 Å². The maximum absolute atomic E-state index is 12.7. The van der Waals surface area contributed by atoms with Crippen molar-refractivity contribution in [3.05, 3.63) is 99.6 Å². The molecule has 0 spiro atoms. The first kappa shape index (κ1) is 35.9. The molecule has 262 valence electrons. The van der Waals surface area contributed by atoms with Crippen molar-refractivity contribution >= 4 is 28.9 Å². The van der Waals surface area contributed by atoms with Crippen molar-refractivity contribution in [1.29, 1.82) is 0 Å². The number of unbranched alkanes of at least 4 members (excludes halogenated alkanes) is 2. The van der Waals surface area contributed by atoms with Gasteiger partial charge in [-0.2, -0.15) is 0 Å². The first-order chi connectivity index (χ1) is 23.7. The minimum atomic E-state index is -0.657. The number of ether oxygens (including phenoxy) is 2. The molecule has 2 saturated heterocycles. The molecule has 4 unspecified atom stereocenters. The quantitative estimate of drug-likeness (QED) is 0.117. The number of nitrogens with one attached hydrogen (secondary N) is 2. The van der Waals surface area contributed by atoms with Gasteiger partial charge in [-0.1, -0.05) is 49.7 Å². The van der Waals surface area contributed by atoms with E-state index in [9.17, 15) is 24.8 Å². The van der Waals surface area contributed by atoms with E-state index in [-0.39, 0.29) is 47.2 Å². The fourth-order valence-electron chi connectivity index (χ4n) is 6.39. The van der Waals surface area contributed by atoms with Crippen LogP contribution < -0.4 is 15.5 Å². The predicted octanol–water partition coefficient (Wildman–Crippen LogP) is 5.34. The molecule has 0 saturated carbocycles. The molecule has 0 aliphatic carbocycles. The molecular formula is C37H47N5O7. The lowest BCUT2D eigenvalue weighted by atomic mass is 9.90. The molecule has 0 aromatic heterocycles. The molecular weight excluding hydrogens is 626 g/mol. The standard InChI is InChI=1S/C37H47N5O7/c1-26-34(24-40-19-21-41(22-20-40)32-14-16-33(17-15-32)42(46)47)48-37(49-36(26)29-12-10-28(25-43)11-13-29)30-7-6-8-31(23-30)39-35(45)9-4-3-5-18-38-27(2)44/h6-8,10-17,23,26,34,36-37,43H,3-5,9,18-22,24-25H2,1-2H3,(H,38,44)(H,39,45). The number of nitro groups is 1. The molecule has 4 atom stereocenters. The fourth-order valence-corrected chi connectivity index (χ4v) is 6.39. The van der Waals surface area contributed by atoms with Crippen LogP contribution in [-0.2, 0) is 25.7 Å². The van der Waals surface area contributed by atoms with E-state index in [0.29, 0.717) is 25.2 Å². The Morgan fingerprint density at radius 2 is 1.67 bits per heavy atom. The summed E-state index contributed by atoms with van der Waals surface area (Å²) >= 11 is 0. The third kappa shape index (κ3) is 10.1. The van der Waals surface area contributed by atoms with E-state index >= 15 is 0 Å². The van der Waals surface area contributed by atoms with Crippen molar-refractivity contribution in [1.82, 2.24) is 10.2 Å². The maximum atomic E-state index is 12.7. The summed E-state index contributed by atoms with van der Waals surface area (Å²) in [7, 11) is 0. The molecule has 2 amide bonds. The molecule has 2 aliphatic heterocycles. The van der Waals surface area contributed by atoms with Gasteiger partial charge in [0.25, 0.3) is 5.69 Å². The highest BCUT2D eigenvalue weighted by Gasteiger charge is 2.39. The summed E-state index contributed by atoms with van der Waals surface area (Å²) in [4.78, 5) is 39.1. The number of benzene rings is 3. The fraction of sp³-hybridized carbons (Fsp3) is 0.459. The molecule has 3 aromatic rings. The van der Waals surface area contributed by atoms with Gasteiger partial charge < -0.3 is 30.1 Å². The third-order valence-corrected chi connectivity index (χ3v) is 9.26. The van der Waals surface area contributed by atoms with Gasteiger partial charge in [0.05, 0.1) is 23.7 Å². The Morgan fingerprint density at radius 3 is 2.35 bits per heavy atom.